The summed E-state index contributed by atoms with van der Waals surface area (Å²) in [5, 5.41) is 17.0. The number of fused-ring (bicyclic) bond motifs is 1. The van der Waals surface area contributed by atoms with Gasteiger partial charge >= 0.3 is 13.6 Å². The highest BCUT2D eigenvalue weighted by molar-refractivity contribution is 7.98. The Morgan fingerprint density at radius 1 is 0.810 bits per heavy atom. The highest BCUT2D eigenvalue weighted by Gasteiger charge is 2.29. The standard InChI is InChI=1S/C29H44F3N3O10S.C18H20ClN5O.C3H10O5P2.C3H6/c1-46-19-18-43-15-14-41-12-13-42-16-17-44-23-25-22-35(34-33-25)3-5-38-7-9-40-11-10-39-8-6-37-4-2-28(36)45-29-26(31)20-24(30)21-27(29)32;1-2-13-8-9-15(25-13)24-17-14(11-21-24)16(22-18(19)23-17)20-10-12-6-4-3-5-7-12;1-8-9(2,4)3-10(5,6)7;1-2-3-1/h20-22H,2-19,23H2,1H3;3-7,11,13,15H,2,8-10H2,1H3,(H,20,22,23);3H2,1-2H3,(H2,5,6,7);1-3H2. The van der Waals surface area contributed by atoms with Gasteiger partial charge in [-0.05, 0) is 42.7 Å². The SMILES string of the molecule is C1CC1.CCC1CCC(n2ncc3c(NCc4ccccc4)nc(Cl)nc32)O1.COP(C)(=O)CP(=O)(O)O.CSCCOCCOCCOCCOCc1cn(CCOCCOCCOCCOCCC(=O)Oc2c(F)cc(F)cc2F)nn1. The molecule has 31 heteroatoms. The molecule has 2 aromatic carbocycles. The lowest BCUT2D eigenvalue weighted by molar-refractivity contribution is -0.136. The van der Waals surface area contributed by atoms with Crippen LogP contribution in [0.3, 0.4) is 0 Å². The van der Waals surface area contributed by atoms with Gasteiger partial charge in [-0.15, -0.1) is 5.10 Å². The zero-order valence-electron chi connectivity index (χ0n) is 48.0. The number of nitrogens with zero attached hydrogens (tertiary/aromatic N) is 7. The van der Waals surface area contributed by atoms with Crippen LogP contribution < -0.4 is 10.1 Å². The molecule has 3 aromatic heterocycles. The van der Waals surface area contributed by atoms with Crippen LogP contribution in [0.1, 0.15) is 69.4 Å². The highest BCUT2D eigenvalue weighted by Crippen LogP contribution is 2.55. The number of esters is 1. The lowest BCUT2D eigenvalue weighted by atomic mass is 10.2. The fraction of sp³-hybridized carbons (Fsp3) is 0.623. The van der Waals surface area contributed by atoms with Crippen LogP contribution in [0.5, 0.6) is 5.75 Å². The summed E-state index contributed by atoms with van der Waals surface area (Å²) in [5.74, 6) is -4.57. The topological polar surface area (TPSA) is 280 Å². The normalized spacial score (nSPS) is 15.3. The molecule has 1 aliphatic carbocycles. The van der Waals surface area contributed by atoms with Gasteiger partial charge in [0.25, 0.3) is 0 Å². The Morgan fingerprint density at radius 3 is 1.92 bits per heavy atom. The highest BCUT2D eigenvalue weighted by atomic mass is 35.5. The van der Waals surface area contributed by atoms with Crippen molar-refractivity contribution in [3.05, 3.63) is 88.9 Å². The quantitative estimate of drug-likeness (QED) is 0.0109. The molecule has 24 nitrogen and oxygen atoms in total. The van der Waals surface area contributed by atoms with Crippen molar-refractivity contribution < 1.29 is 88.8 Å². The van der Waals surface area contributed by atoms with E-state index in [0.717, 1.165) is 49.8 Å². The van der Waals surface area contributed by atoms with Crippen LogP contribution in [0.4, 0.5) is 19.0 Å². The van der Waals surface area contributed by atoms with Gasteiger partial charge in [0.05, 0.1) is 143 Å². The van der Waals surface area contributed by atoms with Gasteiger partial charge in [-0.25, -0.2) is 22.5 Å². The van der Waals surface area contributed by atoms with Crippen molar-refractivity contribution in [2.24, 2.45) is 0 Å². The van der Waals surface area contributed by atoms with Gasteiger partial charge in [0.2, 0.25) is 18.4 Å². The van der Waals surface area contributed by atoms with Crippen LogP contribution in [-0.4, -0.2) is 187 Å². The second kappa shape index (κ2) is 41.8. The average molecular weight is 1270 g/mol. The summed E-state index contributed by atoms with van der Waals surface area (Å²) in [7, 11) is -6.09. The van der Waals surface area contributed by atoms with Crippen LogP contribution in [0.25, 0.3) is 11.0 Å². The molecule has 1 saturated heterocycles. The van der Waals surface area contributed by atoms with Crippen LogP contribution in [0, 0.1) is 17.5 Å². The Kier molecular flexibility index (Phi) is 36.0. The van der Waals surface area contributed by atoms with E-state index in [-0.39, 0.29) is 43.9 Å². The molecule has 2 fully saturated rings. The average Bonchev–Trinajstić information content (AvgIpc) is 4.02. The number of hydrogen-bond donors (Lipinski definition) is 3. The molecule has 3 unspecified atom stereocenters. The van der Waals surface area contributed by atoms with E-state index in [1.807, 2.05) is 29.1 Å². The Morgan fingerprint density at radius 2 is 1.38 bits per heavy atom. The number of halogens is 4. The summed E-state index contributed by atoms with van der Waals surface area (Å²) in [6.07, 6.45) is 13.1. The van der Waals surface area contributed by atoms with Gasteiger partial charge in [-0.2, -0.15) is 26.8 Å². The molecule has 0 spiro atoms. The maximum Gasteiger partial charge on any atom is 0.335 e. The number of nitrogens with one attached hydrogen (secondary N) is 1. The van der Waals surface area contributed by atoms with Crippen LogP contribution in [0.2, 0.25) is 5.28 Å². The lowest BCUT2D eigenvalue weighted by Gasteiger charge is -2.14. The molecule has 2 aliphatic rings. The van der Waals surface area contributed by atoms with Crippen molar-refractivity contribution in [3.63, 3.8) is 0 Å². The van der Waals surface area contributed by atoms with Gasteiger partial charge in [0.15, 0.2) is 23.5 Å². The maximum absolute atomic E-state index is 13.5. The van der Waals surface area contributed by atoms with Gasteiger partial charge in [0, 0.05) is 38.2 Å². The van der Waals surface area contributed by atoms with E-state index in [2.05, 4.69) is 59.0 Å². The number of carbonyl (C=O) groups excluding carboxylic acids is 1. The third kappa shape index (κ3) is 32.0. The van der Waals surface area contributed by atoms with Crippen molar-refractivity contribution in [1.82, 2.24) is 34.7 Å². The van der Waals surface area contributed by atoms with E-state index >= 15 is 0 Å². The predicted molar refractivity (Wildman–Crippen MR) is 309 cm³/mol. The molecule has 3 N–H and O–H groups in total. The molecule has 0 bridgehead atoms. The number of thioether (sulfide) groups is 1. The molecule has 7 rings (SSSR count). The third-order valence-electron chi connectivity index (χ3n) is 11.3. The van der Waals surface area contributed by atoms with E-state index in [1.54, 1.807) is 28.8 Å². The van der Waals surface area contributed by atoms with Crippen LogP contribution in [-0.2, 0) is 80.8 Å². The number of benzene rings is 2. The summed E-state index contributed by atoms with van der Waals surface area (Å²) in [6.45, 7) is 11.1. The number of ether oxygens (including phenoxy) is 10. The minimum Gasteiger partial charge on any atom is -0.420 e. The maximum atomic E-state index is 13.5. The fourth-order valence-electron chi connectivity index (χ4n) is 6.95. The first-order valence-corrected chi connectivity index (χ1v) is 33.2. The molecule has 0 amide bonds. The Balaban J connectivity index is 0.000000325. The van der Waals surface area contributed by atoms with Gasteiger partial charge < -0.3 is 67.0 Å². The van der Waals surface area contributed by atoms with E-state index in [4.69, 9.17) is 64.0 Å². The van der Waals surface area contributed by atoms with Crippen molar-refractivity contribution in [3.8, 4) is 5.75 Å². The summed E-state index contributed by atoms with van der Waals surface area (Å²) < 4.78 is 123. The van der Waals surface area contributed by atoms with E-state index < -0.39 is 50.0 Å². The second-order valence-corrected chi connectivity index (χ2v) is 24.7. The van der Waals surface area contributed by atoms with Crippen molar-refractivity contribution in [2.75, 3.05) is 136 Å². The minimum absolute atomic E-state index is 0.0353. The van der Waals surface area contributed by atoms with E-state index in [0.29, 0.717) is 116 Å². The molecular formula is C53H80ClF3N8O16P2S. The molecule has 472 valence electrons. The molecule has 1 aliphatic heterocycles. The number of hydrogen-bond acceptors (Lipinski definition) is 21. The zero-order chi connectivity index (χ0) is 60.8. The molecular weight excluding hydrogens is 1190 g/mol. The molecule has 3 atom stereocenters. The largest absolute Gasteiger partial charge is 0.420 e. The summed E-state index contributed by atoms with van der Waals surface area (Å²) in [6, 6.07) is 11.0. The molecule has 84 heavy (non-hydrogen) atoms. The Labute approximate surface area is 497 Å². The number of carbonyl (C=O) groups is 1. The monoisotopic (exact) mass is 1270 g/mol. The third-order valence-corrected chi connectivity index (χ3v) is 16.4. The lowest BCUT2D eigenvalue weighted by Crippen LogP contribution is -2.15. The first-order chi connectivity index (χ1) is 40.5. The van der Waals surface area contributed by atoms with Gasteiger partial charge in [-0.3, -0.25) is 13.9 Å². The van der Waals surface area contributed by atoms with Crippen molar-refractivity contribution in [2.45, 2.75) is 83.9 Å². The van der Waals surface area contributed by atoms with Crippen LogP contribution >= 0.6 is 38.3 Å². The first-order valence-electron chi connectivity index (χ1n) is 27.4. The van der Waals surface area contributed by atoms with Crippen LogP contribution in [0.15, 0.2) is 54.9 Å². The number of aromatic nitrogens is 7. The molecule has 4 heterocycles. The summed E-state index contributed by atoms with van der Waals surface area (Å²) in [5.41, 5.74) is 2.59. The summed E-state index contributed by atoms with van der Waals surface area (Å²) in [4.78, 5) is 37.1. The van der Waals surface area contributed by atoms with Gasteiger partial charge in [0.1, 0.15) is 23.2 Å². The zero-order valence-corrected chi connectivity index (χ0v) is 51.4. The number of anilines is 1. The second-order valence-electron chi connectivity index (χ2n) is 18.5. The first kappa shape index (κ1) is 72.3. The molecule has 1 saturated carbocycles. The minimum atomic E-state index is -4.19. The van der Waals surface area contributed by atoms with Gasteiger partial charge in [-0.1, -0.05) is 61.7 Å². The molecule has 5 aromatic rings. The van der Waals surface area contributed by atoms with Crippen molar-refractivity contribution >= 4 is 61.1 Å². The van der Waals surface area contributed by atoms with Crippen molar-refractivity contribution in [1.29, 1.82) is 0 Å². The van der Waals surface area contributed by atoms with E-state index in [1.165, 1.54) is 31.5 Å². The Bertz CT molecular complexity index is 2680. The van der Waals surface area contributed by atoms with E-state index in [9.17, 15) is 27.1 Å². The predicted octanol–water partition coefficient (Wildman–Crippen LogP) is 8.71. The Hall–Kier alpha value is -4.19. The smallest absolute Gasteiger partial charge is 0.335 e. The fourth-order valence-corrected chi connectivity index (χ4v) is 10.5. The number of rotatable bonds is 38. The molecule has 0 radical (unpaired) electrons. The summed E-state index contributed by atoms with van der Waals surface area (Å²) >= 11 is 7.90.